The van der Waals surface area contributed by atoms with Crippen LogP contribution in [-0.2, 0) is 9.59 Å². The van der Waals surface area contributed by atoms with Crippen molar-refractivity contribution in [1.82, 2.24) is 0 Å². The van der Waals surface area contributed by atoms with Gasteiger partial charge in [0.1, 0.15) is 29.5 Å². The Morgan fingerprint density at radius 2 is 1.00 bits per heavy atom. The number of ether oxygens (including phenoxy) is 3. The number of aliphatic hydroxyl groups excluding tert-OH is 1. The van der Waals surface area contributed by atoms with Gasteiger partial charge in [-0.25, -0.2) is 0 Å². The van der Waals surface area contributed by atoms with Crippen LogP contribution < -0.4 is 14.2 Å². The topological polar surface area (TPSA) is 82.1 Å². The monoisotopic (exact) mass is 604 g/mol. The lowest BCUT2D eigenvalue weighted by molar-refractivity contribution is -0.145. The first-order valence-corrected chi connectivity index (χ1v) is 14.7. The highest BCUT2D eigenvalue weighted by Gasteiger charge is 2.32. The van der Waals surface area contributed by atoms with Crippen molar-refractivity contribution in [2.45, 2.75) is 25.7 Å². The van der Waals surface area contributed by atoms with Crippen molar-refractivity contribution in [3.05, 3.63) is 114 Å². The molecule has 46 heavy (non-hydrogen) atoms. The molecule has 0 amide bonds. The summed E-state index contributed by atoms with van der Waals surface area (Å²) in [6, 6.07) is 31.5. The van der Waals surface area contributed by atoms with Crippen molar-refractivity contribution >= 4 is 11.9 Å². The van der Waals surface area contributed by atoms with E-state index in [0.717, 1.165) is 22.3 Å². The van der Waals surface area contributed by atoms with Crippen LogP contribution in [0.2, 0.25) is 0 Å². The molecule has 1 N–H and O–H groups in total. The van der Waals surface area contributed by atoms with Gasteiger partial charge in [-0.1, -0.05) is 54.3 Å². The van der Waals surface area contributed by atoms with Crippen molar-refractivity contribution in [1.29, 1.82) is 0 Å². The summed E-state index contributed by atoms with van der Waals surface area (Å²) in [6.45, 7) is 0. The summed E-state index contributed by atoms with van der Waals surface area (Å²) in [6.07, 6.45) is 6.37. The Bertz CT molecular complexity index is 1910. The molecule has 4 aromatic carbocycles. The summed E-state index contributed by atoms with van der Waals surface area (Å²) < 4.78 is 16.6. The lowest BCUT2D eigenvalue weighted by Crippen LogP contribution is -2.30. The van der Waals surface area contributed by atoms with Crippen molar-refractivity contribution in [2.75, 3.05) is 0 Å². The minimum Gasteiger partial charge on any atom is -0.461 e. The quantitative estimate of drug-likeness (QED) is 0.149. The van der Waals surface area contributed by atoms with Crippen molar-refractivity contribution in [3.63, 3.8) is 0 Å². The Morgan fingerprint density at radius 1 is 0.543 bits per heavy atom. The first-order chi connectivity index (χ1) is 22.6. The van der Waals surface area contributed by atoms with E-state index in [1.807, 2.05) is 66.7 Å². The highest BCUT2D eigenvalue weighted by Crippen LogP contribution is 2.32. The van der Waals surface area contributed by atoms with Gasteiger partial charge in [-0.3, -0.25) is 9.59 Å². The van der Waals surface area contributed by atoms with Gasteiger partial charge in [0.15, 0.2) is 0 Å². The summed E-state index contributed by atoms with van der Waals surface area (Å²) in [7, 11) is 0. The highest BCUT2D eigenvalue weighted by atomic mass is 16.5. The van der Waals surface area contributed by atoms with Crippen LogP contribution in [0.1, 0.15) is 36.8 Å². The predicted octanol–water partition coefficient (Wildman–Crippen LogP) is 6.75. The fourth-order valence-electron chi connectivity index (χ4n) is 4.87. The van der Waals surface area contributed by atoms with Crippen LogP contribution in [0, 0.1) is 59.6 Å². The maximum absolute atomic E-state index is 12.9. The molecule has 4 aromatic rings. The largest absolute Gasteiger partial charge is 0.461 e. The van der Waals surface area contributed by atoms with Gasteiger partial charge < -0.3 is 19.3 Å². The third-order valence-electron chi connectivity index (χ3n) is 7.32. The Hall–Kier alpha value is -6.34. The second-order valence-corrected chi connectivity index (χ2v) is 10.4. The van der Waals surface area contributed by atoms with Crippen LogP contribution in [0.5, 0.6) is 17.2 Å². The molecule has 0 heterocycles. The Morgan fingerprint density at radius 3 is 1.52 bits per heavy atom. The number of hydrogen-bond acceptors (Lipinski definition) is 6. The molecule has 5 rings (SSSR count). The summed E-state index contributed by atoms with van der Waals surface area (Å²) in [5.41, 5.74) is 3.66. The third kappa shape index (κ3) is 9.08. The fourth-order valence-corrected chi connectivity index (χ4v) is 4.87. The molecule has 1 saturated carbocycles. The van der Waals surface area contributed by atoms with Gasteiger partial charge in [-0.2, -0.15) is 0 Å². The second-order valence-electron chi connectivity index (χ2n) is 10.4. The van der Waals surface area contributed by atoms with Crippen molar-refractivity contribution in [3.8, 4) is 76.1 Å². The van der Waals surface area contributed by atoms with Crippen LogP contribution in [-0.4, -0.2) is 17.0 Å². The molecule has 0 unspecified atom stereocenters. The summed E-state index contributed by atoms with van der Waals surface area (Å²) >= 11 is 0. The molecular formula is C40H28O6. The SMILES string of the molecule is O=C(Oc1ccc(C#Cc2ccccc2)cc1)C1CCC(C(=O)Oc2ccc(-c3ccc(OC#CC#CC#CO)cc3)cc2)CC1. The van der Waals surface area contributed by atoms with E-state index >= 15 is 0 Å². The van der Waals surface area contributed by atoms with Crippen LogP contribution in [0.15, 0.2) is 103 Å². The number of esters is 2. The van der Waals surface area contributed by atoms with Crippen LogP contribution in [0.4, 0.5) is 0 Å². The molecule has 1 aliphatic carbocycles. The lowest BCUT2D eigenvalue weighted by atomic mass is 9.82. The Kier molecular flexibility index (Phi) is 10.8. The first-order valence-electron chi connectivity index (χ1n) is 14.7. The average molecular weight is 605 g/mol. The molecule has 1 fully saturated rings. The zero-order valence-electron chi connectivity index (χ0n) is 24.8. The van der Waals surface area contributed by atoms with Gasteiger partial charge in [-0.15, -0.1) is 0 Å². The van der Waals surface area contributed by atoms with E-state index in [4.69, 9.17) is 19.3 Å². The molecule has 6 heteroatoms. The molecule has 0 radical (unpaired) electrons. The first kappa shape index (κ1) is 31.1. The number of carbonyl (C=O) groups excluding carboxylic acids is 2. The van der Waals surface area contributed by atoms with Crippen molar-refractivity contribution < 1.29 is 28.9 Å². The van der Waals surface area contributed by atoms with E-state index < -0.39 is 0 Å². The molecule has 0 spiro atoms. The molecule has 0 aliphatic heterocycles. The van der Waals surface area contributed by atoms with Gasteiger partial charge in [0.25, 0.3) is 0 Å². The number of rotatable bonds is 6. The molecule has 0 aromatic heterocycles. The van der Waals surface area contributed by atoms with Gasteiger partial charge in [-0.05, 0) is 97.5 Å². The van der Waals surface area contributed by atoms with Crippen LogP contribution in [0.25, 0.3) is 11.1 Å². The molecule has 0 bridgehead atoms. The zero-order chi connectivity index (χ0) is 32.0. The smallest absolute Gasteiger partial charge is 0.314 e. The van der Waals surface area contributed by atoms with Gasteiger partial charge in [0, 0.05) is 34.8 Å². The number of aliphatic hydroxyl groups is 1. The van der Waals surface area contributed by atoms with E-state index in [-0.39, 0.29) is 23.8 Å². The fraction of sp³-hybridized carbons (Fsp3) is 0.150. The van der Waals surface area contributed by atoms with Gasteiger partial charge in [0.2, 0.25) is 0 Å². The zero-order valence-corrected chi connectivity index (χ0v) is 24.8. The van der Waals surface area contributed by atoms with E-state index in [0.29, 0.717) is 42.9 Å². The van der Waals surface area contributed by atoms with Gasteiger partial charge in [0.05, 0.1) is 11.8 Å². The highest BCUT2D eigenvalue weighted by molar-refractivity contribution is 5.78. The van der Waals surface area contributed by atoms with Crippen LogP contribution in [0.3, 0.4) is 0 Å². The average Bonchev–Trinajstić information content (AvgIpc) is 3.10. The molecule has 1 aliphatic rings. The third-order valence-corrected chi connectivity index (χ3v) is 7.32. The summed E-state index contributed by atoms with van der Waals surface area (Å²) in [4.78, 5) is 25.7. The standard InChI is InChI=1S/C40H28O6/c41-28-6-1-2-7-29-44-36-24-18-32(19-25-36)33-20-26-38(27-21-33)46-40(43)35-16-14-34(15-17-35)39(42)45-37-22-12-31(13-23-37)11-10-30-8-4-3-5-9-30/h3-5,8-9,12-13,18-27,34-35,41H,14-17H2. The maximum Gasteiger partial charge on any atom is 0.314 e. The predicted molar refractivity (Wildman–Crippen MR) is 173 cm³/mol. The molecule has 0 atom stereocenters. The van der Waals surface area contributed by atoms with Crippen molar-refractivity contribution in [2.24, 2.45) is 11.8 Å². The molecule has 6 nitrogen and oxygen atoms in total. The number of carbonyl (C=O) groups is 2. The van der Waals surface area contributed by atoms with E-state index in [1.54, 1.807) is 42.5 Å². The number of benzene rings is 4. The normalized spacial score (nSPS) is 14.6. The Balaban J connectivity index is 1.06. The number of hydrogen-bond donors (Lipinski definition) is 1. The van der Waals surface area contributed by atoms with Crippen LogP contribution >= 0.6 is 0 Å². The van der Waals surface area contributed by atoms with E-state index in [2.05, 4.69) is 41.6 Å². The maximum atomic E-state index is 12.9. The minimum absolute atomic E-state index is 0.259. The van der Waals surface area contributed by atoms with E-state index in [1.165, 1.54) is 0 Å². The Labute approximate surface area is 268 Å². The molecule has 224 valence electrons. The van der Waals surface area contributed by atoms with Gasteiger partial charge >= 0.3 is 11.9 Å². The summed E-state index contributed by atoms with van der Waals surface area (Å²) in [5.74, 6) is 16.0. The minimum atomic E-state index is -0.289. The molecule has 0 saturated heterocycles. The molecular weight excluding hydrogens is 576 g/mol. The second kappa shape index (κ2) is 15.9. The van der Waals surface area contributed by atoms with E-state index in [9.17, 15) is 9.59 Å². The summed E-state index contributed by atoms with van der Waals surface area (Å²) in [5, 5.41) is 8.34. The lowest BCUT2D eigenvalue weighted by Gasteiger charge is -2.25.